The molecule has 0 saturated carbocycles. The molecule has 2 aliphatic heterocycles. The Morgan fingerprint density at radius 1 is 1.16 bits per heavy atom. The van der Waals surface area contributed by atoms with Crippen molar-refractivity contribution in [3.8, 4) is 0 Å². The molecule has 1 saturated heterocycles. The van der Waals surface area contributed by atoms with Crippen molar-refractivity contribution in [2.45, 2.75) is 51.1 Å². The topological polar surface area (TPSA) is 74.5 Å². The average Bonchev–Trinajstić information content (AvgIpc) is 3.46. The second-order valence-electron chi connectivity index (χ2n) is 9.23. The van der Waals surface area contributed by atoms with Crippen molar-refractivity contribution in [2.24, 2.45) is 18.0 Å². The molecule has 8 nitrogen and oxygen atoms in total. The highest BCUT2D eigenvalue weighted by molar-refractivity contribution is 5.81. The van der Waals surface area contributed by atoms with Crippen molar-refractivity contribution in [3.05, 3.63) is 41.2 Å². The van der Waals surface area contributed by atoms with Crippen LogP contribution in [0.15, 0.2) is 23.3 Å². The van der Waals surface area contributed by atoms with E-state index >= 15 is 0 Å². The third kappa shape index (κ3) is 4.31. The van der Waals surface area contributed by atoms with E-state index in [0.717, 1.165) is 69.6 Å². The predicted molar refractivity (Wildman–Crippen MR) is 121 cm³/mol. The fraction of sp³-hybridized carbons (Fsp3) is 0.652. The summed E-state index contributed by atoms with van der Waals surface area (Å²) in [7, 11) is 4.32. The Morgan fingerprint density at radius 3 is 2.81 bits per heavy atom. The van der Waals surface area contributed by atoms with Gasteiger partial charge >= 0.3 is 0 Å². The zero-order chi connectivity index (χ0) is 21.2. The number of fused-ring (bicyclic) bond motifs is 1. The van der Waals surface area contributed by atoms with Crippen LogP contribution in [0, 0.1) is 5.92 Å². The summed E-state index contributed by atoms with van der Waals surface area (Å²) in [6.45, 7) is 4.85. The van der Waals surface area contributed by atoms with Crippen LogP contribution in [0.3, 0.4) is 0 Å². The molecule has 166 valence electrons. The molecule has 0 bridgehead atoms. The summed E-state index contributed by atoms with van der Waals surface area (Å²) in [4.78, 5) is 14.1. The van der Waals surface area contributed by atoms with Gasteiger partial charge in [0.15, 0.2) is 5.96 Å². The van der Waals surface area contributed by atoms with E-state index in [-0.39, 0.29) is 0 Å². The molecule has 1 aliphatic carbocycles. The SMILES string of the molecule is CN(Cc1nnc(CC2CCN(C3=NCCN3)CC2)n1C)[C@@H]1CCCc2cccnc21. The zero-order valence-corrected chi connectivity index (χ0v) is 18.8. The Kier molecular flexibility index (Phi) is 5.89. The highest BCUT2D eigenvalue weighted by Gasteiger charge is 2.27. The average molecular weight is 423 g/mol. The van der Waals surface area contributed by atoms with Crippen LogP contribution in [0.25, 0.3) is 0 Å². The molecule has 0 amide bonds. The van der Waals surface area contributed by atoms with E-state index < -0.39 is 0 Å². The van der Waals surface area contributed by atoms with E-state index in [9.17, 15) is 0 Å². The standard InChI is InChI=1S/C23H34N8/c1-29(19-7-3-5-18-6-4-10-24-22(18)19)16-21-28-27-20(30(21)2)15-17-8-13-31(14-9-17)23-25-11-12-26-23/h4,6,10,17,19H,3,5,7-9,11-16H2,1-2H3,(H,25,26)/t19-/m1/s1. The molecule has 0 aromatic carbocycles. The van der Waals surface area contributed by atoms with Gasteiger partial charge in [0.05, 0.1) is 24.8 Å². The van der Waals surface area contributed by atoms with Crippen molar-refractivity contribution in [1.82, 2.24) is 34.9 Å². The number of aliphatic imine (C=N–C) groups is 1. The van der Waals surface area contributed by atoms with Gasteiger partial charge in [-0.15, -0.1) is 10.2 Å². The van der Waals surface area contributed by atoms with Crippen LogP contribution in [-0.4, -0.2) is 68.7 Å². The van der Waals surface area contributed by atoms with Crippen LogP contribution in [-0.2, 0) is 26.4 Å². The number of piperidine rings is 1. The molecule has 1 fully saturated rings. The minimum absolute atomic E-state index is 0.363. The van der Waals surface area contributed by atoms with Gasteiger partial charge in [0, 0.05) is 39.3 Å². The lowest BCUT2D eigenvalue weighted by molar-refractivity contribution is 0.201. The number of guanidine groups is 1. The predicted octanol–water partition coefficient (Wildman–Crippen LogP) is 1.93. The van der Waals surface area contributed by atoms with Crippen LogP contribution < -0.4 is 5.32 Å². The summed E-state index contributed by atoms with van der Waals surface area (Å²) in [5, 5.41) is 12.5. The monoisotopic (exact) mass is 422 g/mol. The number of hydrogen-bond acceptors (Lipinski definition) is 7. The first-order valence-corrected chi connectivity index (χ1v) is 11.7. The molecule has 1 N–H and O–H groups in total. The van der Waals surface area contributed by atoms with Gasteiger partial charge in [0.1, 0.15) is 11.6 Å². The molecular weight excluding hydrogens is 388 g/mol. The van der Waals surface area contributed by atoms with Crippen molar-refractivity contribution in [3.63, 3.8) is 0 Å². The first kappa shape index (κ1) is 20.4. The summed E-state index contributed by atoms with van der Waals surface area (Å²) in [5.41, 5.74) is 2.64. The third-order valence-electron chi connectivity index (χ3n) is 7.19. The smallest absolute Gasteiger partial charge is 0.194 e. The molecule has 0 radical (unpaired) electrons. The second-order valence-corrected chi connectivity index (χ2v) is 9.23. The van der Waals surface area contributed by atoms with Gasteiger partial charge in [0.2, 0.25) is 0 Å². The molecular formula is C23H34N8. The number of hydrogen-bond donors (Lipinski definition) is 1. The van der Waals surface area contributed by atoms with Crippen LogP contribution >= 0.6 is 0 Å². The number of nitrogens with one attached hydrogen (secondary N) is 1. The van der Waals surface area contributed by atoms with Crippen molar-refractivity contribution >= 4 is 5.96 Å². The minimum atomic E-state index is 0.363. The molecule has 2 aromatic rings. The Morgan fingerprint density at radius 2 is 2.00 bits per heavy atom. The number of likely N-dealkylation sites (tertiary alicyclic amines) is 1. The van der Waals surface area contributed by atoms with Crippen LogP contribution in [0.5, 0.6) is 0 Å². The normalized spacial score (nSPS) is 21.8. The lowest BCUT2D eigenvalue weighted by Crippen LogP contribution is -2.44. The molecule has 1 atom stereocenters. The van der Waals surface area contributed by atoms with Gasteiger partial charge in [0.25, 0.3) is 0 Å². The summed E-state index contributed by atoms with van der Waals surface area (Å²) >= 11 is 0. The third-order valence-corrected chi connectivity index (χ3v) is 7.19. The van der Waals surface area contributed by atoms with Gasteiger partial charge in [-0.1, -0.05) is 6.07 Å². The fourth-order valence-electron chi connectivity index (χ4n) is 5.27. The second kappa shape index (κ2) is 8.94. The summed E-state index contributed by atoms with van der Waals surface area (Å²) in [5.74, 6) is 3.92. The molecule has 8 heteroatoms. The largest absolute Gasteiger partial charge is 0.354 e. The van der Waals surface area contributed by atoms with Crippen molar-refractivity contribution in [2.75, 3.05) is 33.2 Å². The molecule has 5 rings (SSSR count). The van der Waals surface area contributed by atoms with Gasteiger partial charge in [-0.05, 0) is 56.7 Å². The highest BCUT2D eigenvalue weighted by atomic mass is 15.3. The Balaban J connectivity index is 1.19. The maximum Gasteiger partial charge on any atom is 0.194 e. The molecule has 0 spiro atoms. The van der Waals surface area contributed by atoms with E-state index in [1.807, 2.05) is 6.20 Å². The quantitative estimate of drug-likeness (QED) is 0.794. The van der Waals surface area contributed by atoms with Gasteiger partial charge in [-0.2, -0.15) is 0 Å². The zero-order valence-electron chi connectivity index (χ0n) is 18.8. The molecule has 0 unspecified atom stereocenters. The molecule has 4 heterocycles. The minimum Gasteiger partial charge on any atom is -0.354 e. The number of aromatic nitrogens is 4. The number of nitrogens with zero attached hydrogens (tertiary/aromatic N) is 7. The Bertz CT molecular complexity index is 927. The van der Waals surface area contributed by atoms with E-state index in [0.29, 0.717) is 12.0 Å². The van der Waals surface area contributed by atoms with E-state index in [2.05, 4.69) is 61.1 Å². The first-order valence-electron chi connectivity index (χ1n) is 11.7. The number of pyridine rings is 1. The first-order chi connectivity index (χ1) is 15.2. The maximum atomic E-state index is 4.70. The van der Waals surface area contributed by atoms with Gasteiger partial charge in [-0.3, -0.25) is 14.9 Å². The summed E-state index contributed by atoms with van der Waals surface area (Å²) in [6.07, 6.45) is 8.83. The van der Waals surface area contributed by atoms with E-state index in [1.165, 1.54) is 30.5 Å². The highest BCUT2D eigenvalue weighted by Crippen LogP contribution is 2.32. The van der Waals surface area contributed by atoms with Crippen LogP contribution in [0.4, 0.5) is 0 Å². The van der Waals surface area contributed by atoms with E-state index in [4.69, 9.17) is 4.98 Å². The Hall–Kier alpha value is -2.48. The lowest BCUT2D eigenvalue weighted by atomic mass is 9.91. The van der Waals surface area contributed by atoms with Crippen LogP contribution in [0.2, 0.25) is 0 Å². The maximum absolute atomic E-state index is 4.70. The van der Waals surface area contributed by atoms with Crippen molar-refractivity contribution < 1.29 is 0 Å². The molecule has 31 heavy (non-hydrogen) atoms. The Labute approximate surface area is 184 Å². The van der Waals surface area contributed by atoms with Crippen LogP contribution in [0.1, 0.15) is 54.6 Å². The van der Waals surface area contributed by atoms with Gasteiger partial charge in [-0.25, -0.2) is 0 Å². The summed E-state index contributed by atoms with van der Waals surface area (Å²) < 4.78 is 2.22. The lowest BCUT2D eigenvalue weighted by Gasteiger charge is -2.33. The number of rotatable bonds is 5. The molecule has 2 aromatic heterocycles. The van der Waals surface area contributed by atoms with E-state index in [1.54, 1.807) is 0 Å². The molecule has 3 aliphatic rings. The van der Waals surface area contributed by atoms with Gasteiger partial charge < -0.3 is 14.8 Å². The summed E-state index contributed by atoms with van der Waals surface area (Å²) in [6, 6.07) is 4.64. The van der Waals surface area contributed by atoms with Crippen molar-refractivity contribution in [1.29, 1.82) is 0 Å². The number of aryl methyl sites for hydroxylation is 1. The fourth-order valence-corrected chi connectivity index (χ4v) is 5.27.